The van der Waals surface area contributed by atoms with Crippen molar-refractivity contribution in [3.05, 3.63) is 22.7 Å². The third kappa shape index (κ3) is 2.63. The fraction of sp³-hybridized carbons (Fsp3) is 0.222. The first-order valence-corrected chi connectivity index (χ1v) is 4.78. The summed E-state index contributed by atoms with van der Waals surface area (Å²) >= 11 is 3.32. The van der Waals surface area contributed by atoms with Gasteiger partial charge in [-0.05, 0) is 34.1 Å². The van der Waals surface area contributed by atoms with Crippen LogP contribution < -0.4 is 10.6 Å². The van der Waals surface area contributed by atoms with Crippen LogP contribution in [0.1, 0.15) is 0 Å². The Bertz CT molecular complexity index is 355. The molecule has 0 spiro atoms. The Balaban J connectivity index is 2.90. The van der Waals surface area contributed by atoms with Crippen molar-refractivity contribution in [2.75, 3.05) is 24.2 Å². The SMILES string of the molecule is CN(CC(=O)O)c1ccc(N)cc1Br. The molecule has 3 N–H and O–H groups in total. The van der Waals surface area contributed by atoms with Crippen molar-refractivity contribution in [1.82, 2.24) is 0 Å². The van der Waals surface area contributed by atoms with Gasteiger partial charge in [-0.1, -0.05) is 0 Å². The Labute approximate surface area is 90.4 Å². The van der Waals surface area contributed by atoms with E-state index in [9.17, 15) is 4.79 Å². The predicted molar refractivity (Wildman–Crippen MR) is 59.5 cm³/mol. The van der Waals surface area contributed by atoms with Crippen molar-refractivity contribution in [2.24, 2.45) is 0 Å². The van der Waals surface area contributed by atoms with Crippen LogP contribution in [0.4, 0.5) is 11.4 Å². The number of carbonyl (C=O) groups is 1. The first-order valence-electron chi connectivity index (χ1n) is 3.98. The molecule has 1 aromatic carbocycles. The highest BCUT2D eigenvalue weighted by Crippen LogP contribution is 2.27. The molecule has 14 heavy (non-hydrogen) atoms. The highest BCUT2D eigenvalue weighted by molar-refractivity contribution is 9.10. The van der Waals surface area contributed by atoms with E-state index in [1.165, 1.54) is 0 Å². The standard InChI is InChI=1S/C9H11BrN2O2/c1-12(5-9(13)14)8-3-2-6(11)4-7(8)10/h2-4H,5,11H2,1H3,(H,13,14). The zero-order chi connectivity index (χ0) is 10.7. The lowest BCUT2D eigenvalue weighted by molar-refractivity contribution is -0.135. The van der Waals surface area contributed by atoms with Crippen molar-refractivity contribution >= 4 is 33.3 Å². The lowest BCUT2D eigenvalue weighted by Gasteiger charge is -2.18. The number of halogens is 1. The van der Waals surface area contributed by atoms with Gasteiger partial charge in [-0.2, -0.15) is 0 Å². The van der Waals surface area contributed by atoms with Crippen LogP contribution in [0.25, 0.3) is 0 Å². The summed E-state index contributed by atoms with van der Waals surface area (Å²) in [5, 5.41) is 8.61. The van der Waals surface area contributed by atoms with Crippen LogP contribution in [-0.2, 0) is 4.79 Å². The summed E-state index contributed by atoms with van der Waals surface area (Å²) in [5.41, 5.74) is 7.01. The molecule has 0 saturated carbocycles. The van der Waals surface area contributed by atoms with Gasteiger partial charge < -0.3 is 15.7 Å². The van der Waals surface area contributed by atoms with Crippen LogP contribution in [0.3, 0.4) is 0 Å². The number of nitrogens with two attached hydrogens (primary N) is 1. The van der Waals surface area contributed by atoms with Gasteiger partial charge in [-0.25, -0.2) is 0 Å². The molecule has 0 saturated heterocycles. The predicted octanol–water partition coefficient (Wildman–Crippen LogP) is 1.55. The number of nitrogen functional groups attached to an aromatic ring is 1. The minimum Gasteiger partial charge on any atom is -0.480 e. The Kier molecular flexibility index (Phi) is 3.35. The van der Waals surface area contributed by atoms with Crippen LogP contribution in [0.15, 0.2) is 22.7 Å². The smallest absolute Gasteiger partial charge is 0.323 e. The van der Waals surface area contributed by atoms with Gasteiger partial charge in [0, 0.05) is 17.2 Å². The molecule has 1 rings (SSSR count). The molecule has 0 unspecified atom stereocenters. The number of hydrogen-bond acceptors (Lipinski definition) is 3. The second-order valence-electron chi connectivity index (χ2n) is 2.96. The highest BCUT2D eigenvalue weighted by atomic mass is 79.9. The van der Waals surface area contributed by atoms with Crippen molar-refractivity contribution < 1.29 is 9.90 Å². The van der Waals surface area contributed by atoms with Gasteiger partial charge in [0.1, 0.15) is 6.54 Å². The number of rotatable bonds is 3. The number of carboxylic acids is 1. The van der Waals surface area contributed by atoms with Crippen LogP contribution in [-0.4, -0.2) is 24.7 Å². The zero-order valence-corrected chi connectivity index (χ0v) is 9.28. The molecular weight excluding hydrogens is 248 g/mol. The normalized spacial score (nSPS) is 9.86. The van der Waals surface area contributed by atoms with Gasteiger partial charge in [-0.15, -0.1) is 0 Å². The fourth-order valence-electron chi connectivity index (χ4n) is 1.12. The maximum Gasteiger partial charge on any atom is 0.323 e. The van der Waals surface area contributed by atoms with E-state index in [0.29, 0.717) is 5.69 Å². The molecule has 0 bridgehead atoms. The summed E-state index contributed by atoms with van der Waals surface area (Å²) in [5.74, 6) is -0.865. The largest absolute Gasteiger partial charge is 0.480 e. The number of aliphatic carboxylic acids is 1. The topological polar surface area (TPSA) is 66.6 Å². The maximum atomic E-state index is 10.5. The summed E-state index contributed by atoms with van der Waals surface area (Å²) in [7, 11) is 1.71. The average Bonchev–Trinajstić information content (AvgIpc) is 2.01. The molecule has 1 aromatic rings. The van der Waals surface area contributed by atoms with E-state index in [1.54, 1.807) is 30.1 Å². The molecule has 0 fully saturated rings. The molecule has 0 aliphatic carbocycles. The van der Waals surface area contributed by atoms with Crippen molar-refractivity contribution in [1.29, 1.82) is 0 Å². The number of benzene rings is 1. The van der Waals surface area contributed by atoms with E-state index in [-0.39, 0.29) is 6.54 Å². The molecule has 0 amide bonds. The van der Waals surface area contributed by atoms with Crippen LogP contribution >= 0.6 is 15.9 Å². The summed E-state index contributed by atoms with van der Waals surface area (Å²) in [4.78, 5) is 12.1. The number of anilines is 2. The third-order valence-electron chi connectivity index (χ3n) is 1.76. The van der Waals surface area contributed by atoms with E-state index >= 15 is 0 Å². The second-order valence-corrected chi connectivity index (χ2v) is 3.81. The number of likely N-dealkylation sites (N-methyl/N-ethyl adjacent to an activating group) is 1. The van der Waals surface area contributed by atoms with Gasteiger partial charge in [-0.3, -0.25) is 4.79 Å². The van der Waals surface area contributed by atoms with E-state index < -0.39 is 5.97 Å². The van der Waals surface area contributed by atoms with Gasteiger partial charge in [0.05, 0.1) is 5.69 Å². The molecule has 0 atom stereocenters. The summed E-state index contributed by atoms with van der Waals surface area (Å²) in [6.45, 7) is -0.0392. The quantitative estimate of drug-likeness (QED) is 0.808. The molecule has 5 heteroatoms. The lowest BCUT2D eigenvalue weighted by atomic mass is 10.2. The first kappa shape index (κ1) is 10.8. The Morgan fingerprint density at radius 1 is 1.64 bits per heavy atom. The van der Waals surface area contributed by atoms with E-state index in [4.69, 9.17) is 10.8 Å². The second kappa shape index (κ2) is 4.32. The molecule has 0 aliphatic heterocycles. The molecular formula is C9H11BrN2O2. The van der Waals surface area contributed by atoms with Crippen molar-refractivity contribution in [3.63, 3.8) is 0 Å². The Morgan fingerprint density at radius 3 is 2.79 bits per heavy atom. The summed E-state index contributed by atoms with van der Waals surface area (Å²) < 4.78 is 0.793. The minimum atomic E-state index is -0.865. The molecule has 76 valence electrons. The third-order valence-corrected chi connectivity index (χ3v) is 2.39. The number of carboxylic acid groups (broad SMARTS) is 1. The van der Waals surface area contributed by atoms with E-state index in [2.05, 4.69) is 15.9 Å². The minimum absolute atomic E-state index is 0.0392. The Hall–Kier alpha value is -1.23. The summed E-state index contributed by atoms with van der Waals surface area (Å²) in [6, 6.07) is 5.26. The lowest BCUT2D eigenvalue weighted by Crippen LogP contribution is -2.25. The Morgan fingerprint density at radius 2 is 2.29 bits per heavy atom. The molecule has 0 radical (unpaired) electrons. The zero-order valence-electron chi connectivity index (χ0n) is 7.70. The van der Waals surface area contributed by atoms with Gasteiger partial charge in [0.2, 0.25) is 0 Å². The molecule has 0 heterocycles. The van der Waals surface area contributed by atoms with Crippen molar-refractivity contribution in [3.8, 4) is 0 Å². The van der Waals surface area contributed by atoms with E-state index in [0.717, 1.165) is 10.2 Å². The molecule has 0 aliphatic rings. The molecule has 0 aromatic heterocycles. The number of hydrogen-bond donors (Lipinski definition) is 2. The number of nitrogens with zero attached hydrogens (tertiary/aromatic N) is 1. The van der Waals surface area contributed by atoms with E-state index in [1.807, 2.05) is 0 Å². The van der Waals surface area contributed by atoms with Gasteiger partial charge in [0.25, 0.3) is 0 Å². The van der Waals surface area contributed by atoms with Crippen LogP contribution in [0, 0.1) is 0 Å². The van der Waals surface area contributed by atoms with Crippen LogP contribution in [0.2, 0.25) is 0 Å². The first-order chi connectivity index (χ1) is 6.50. The highest BCUT2D eigenvalue weighted by Gasteiger charge is 2.08. The molecule has 4 nitrogen and oxygen atoms in total. The average molecular weight is 259 g/mol. The van der Waals surface area contributed by atoms with Gasteiger partial charge in [0.15, 0.2) is 0 Å². The summed E-state index contributed by atoms with van der Waals surface area (Å²) in [6.07, 6.45) is 0. The monoisotopic (exact) mass is 258 g/mol. The van der Waals surface area contributed by atoms with Crippen molar-refractivity contribution in [2.45, 2.75) is 0 Å². The van der Waals surface area contributed by atoms with Crippen LogP contribution in [0.5, 0.6) is 0 Å². The fourth-order valence-corrected chi connectivity index (χ4v) is 1.82. The van der Waals surface area contributed by atoms with Gasteiger partial charge >= 0.3 is 5.97 Å². The maximum absolute atomic E-state index is 10.5.